The van der Waals surface area contributed by atoms with E-state index in [1.54, 1.807) is 0 Å². The van der Waals surface area contributed by atoms with Gasteiger partial charge in [-0.1, -0.05) is 130 Å². The quantitative estimate of drug-likeness (QED) is 0.214. The highest BCUT2D eigenvalue weighted by Gasteiger charge is 2.16. The third kappa shape index (κ3) is 5.91. The van der Waals surface area contributed by atoms with Crippen molar-refractivity contribution >= 4 is 43.6 Å². The summed E-state index contributed by atoms with van der Waals surface area (Å²) in [6.45, 7) is 20.0. The molecule has 0 N–H and O–H groups in total. The van der Waals surface area contributed by atoms with E-state index in [-0.39, 0.29) is 0 Å². The first-order valence-electron chi connectivity index (χ1n) is 14.3. The van der Waals surface area contributed by atoms with Gasteiger partial charge in [-0.3, -0.25) is 0 Å². The lowest BCUT2D eigenvalue weighted by atomic mass is 10.1. The Morgan fingerprint density at radius 2 is 0.757 bits per heavy atom. The summed E-state index contributed by atoms with van der Waals surface area (Å²) in [5.74, 6) is 0. The van der Waals surface area contributed by atoms with Crippen LogP contribution in [0.3, 0.4) is 0 Å². The summed E-state index contributed by atoms with van der Waals surface area (Å²) in [5.41, 5.74) is 6.26. The summed E-state index contributed by atoms with van der Waals surface area (Å²) in [6.07, 6.45) is 0. The van der Waals surface area contributed by atoms with E-state index in [0.717, 1.165) is 0 Å². The number of hydrogen-bond donors (Lipinski definition) is 0. The van der Waals surface area contributed by atoms with Crippen LogP contribution in [0.15, 0.2) is 91.0 Å². The zero-order chi connectivity index (χ0) is 28.0. The summed E-state index contributed by atoms with van der Waals surface area (Å²) >= 11 is 0. The molecule has 2 heterocycles. The van der Waals surface area contributed by atoms with Crippen LogP contribution in [-0.4, -0.2) is 9.13 Å². The van der Waals surface area contributed by atoms with Crippen molar-refractivity contribution in [3.63, 3.8) is 0 Å². The monoisotopic (exact) mass is 496 g/mol. The molecule has 0 spiro atoms. The first-order valence-corrected chi connectivity index (χ1v) is 14.3. The molecule has 0 bridgehead atoms. The third-order valence-electron chi connectivity index (χ3n) is 5.74. The Morgan fingerprint density at radius 3 is 1.24 bits per heavy atom. The van der Waals surface area contributed by atoms with E-state index in [2.05, 4.69) is 107 Å². The summed E-state index contributed by atoms with van der Waals surface area (Å²) < 4.78 is 4.71. The molecular weight excluding hydrogens is 448 g/mol. The van der Waals surface area contributed by atoms with Gasteiger partial charge in [0.2, 0.25) is 0 Å². The van der Waals surface area contributed by atoms with Gasteiger partial charge in [-0.15, -0.1) is 0 Å². The molecule has 6 aromatic rings. The van der Waals surface area contributed by atoms with Crippen LogP contribution in [0, 0.1) is 0 Å². The van der Waals surface area contributed by atoms with Gasteiger partial charge in [0.15, 0.2) is 0 Å². The maximum absolute atomic E-state index is 2.42. The summed E-state index contributed by atoms with van der Waals surface area (Å²) in [4.78, 5) is 0. The zero-order valence-electron chi connectivity index (χ0n) is 25.1. The van der Waals surface area contributed by atoms with Crippen LogP contribution in [0.25, 0.3) is 49.3 Å². The first kappa shape index (κ1) is 31.5. The van der Waals surface area contributed by atoms with Crippen molar-refractivity contribution in [2.45, 2.75) is 69.2 Å². The highest BCUT2D eigenvalue weighted by Crippen LogP contribution is 2.37. The van der Waals surface area contributed by atoms with E-state index in [1.165, 1.54) is 49.3 Å². The van der Waals surface area contributed by atoms with Crippen molar-refractivity contribution in [1.82, 2.24) is 9.13 Å². The molecule has 2 heteroatoms. The number of hydrogen-bond acceptors (Lipinski definition) is 0. The molecule has 4 aromatic carbocycles. The minimum atomic E-state index is 1.24. The number of fused-ring (bicyclic) bond motifs is 6. The molecule has 0 unspecified atom stereocenters. The molecular formula is C35H48N2. The number of aromatic nitrogens is 2. The second kappa shape index (κ2) is 16.3. The Hall–Kier alpha value is -3.52. The molecule has 198 valence electrons. The molecule has 0 aliphatic carbocycles. The lowest BCUT2D eigenvalue weighted by molar-refractivity contribution is 1.01. The lowest BCUT2D eigenvalue weighted by Crippen LogP contribution is -1.95. The Bertz CT molecular complexity index is 1430. The van der Waals surface area contributed by atoms with Crippen LogP contribution in [0.5, 0.6) is 0 Å². The van der Waals surface area contributed by atoms with E-state index in [9.17, 15) is 0 Å². The maximum atomic E-state index is 2.42. The predicted molar refractivity (Wildman–Crippen MR) is 172 cm³/mol. The molecule has 0 aliphatic heterocycles. The van der Waals surface area contributed by atoms with Gasteiger partial charge in [0.1, 0.15) is 0 Å². The van der Waals surface area contributed by atoms with Crippen LogP contribution < -0.4 is 0 Å². The highest BCUT2D eigenvalue weighted by atomic mass is 15.0. The van der Waals surface area contributed by atoms with Crippen LogP contribution in [0.1, 0.15) is 69.2 Å². The second-order valence-corrected chi connectivity index (χ2v) is 7.12. The van der Waals surface area contributed by atoms with Crippen molar-refractivity contribution in [3.8, 4) is 5.69 Å². The normalized spacial score (nSPS) is 9.49. The van der Waals surface area contributed by atoms with Gasteiger partial charge in [-0.05, 0) is 30.3 Å². The largest absolute Gasteiger partial charge is 0.344 e. The number of nitrogens with zero attached hydrogens (tertiary/aromatic N) is 2. The smallest absolute Gasteiger partial charge is 0.0562 e. The van der Waals surface area contributed by atoms with Crippen molar-refractivity contribution in [2.24, 2.45) is 7.05 Å². The molecule has 0 amide bonds. The van der Waals surface area contributed by atoms with Gasteiger partial charge in [0.05, 0.1) is 22.2 Å². The number of para-hydroxylation sites is 3. The topological polar surface area (TPSA) is 9.86 Å². The number of benzene rings is 4. The van der Waals surface area contributed by atoms with Crippen molar-refractivity contribution < 1.29 is 0 Å². The molecule has 2 nitrogen and oxygen atoms in total. The predicted octanol–water partition coefficient (Wildman–Crippen LogP) is 11.6. The minimum Gasteiger partial charge on any atom is -0.344 e. The highest BCUT2D eigenvalue weighted by molar-refractivity contribution is 6.15. The Labute approximate surface area is 225 Å². The van der Waals surface area contributed by atoms with Crippen LogP contribution in [0.2, 0.25) is 0 Å². The first-order chi connectivity index (χ1) is 18.3. The van der Waals surface area contributed by atoms with Gasteiger partial charge >= 0.3 is 0 Å². The van der Waals surface area contributed by atoms with Crippen molar-refractivity contribution in [2.75, 3.05) is 0 Å². The fourth-order valence-corrected chi connectivity index (χ4v) is 4.56. The van der Waals surface area contributed by atoms with Gasteiger partial charge in [0.25, 0.3) is 0 Å². The molecule has 0 fully saturated rings. The van der Waals surface area contributed by atoms with Crippen LogP contribution in [-0.2, 0) is 7.05 Å². The standard InChI is InChI=1S/C25H18N2.5C2H6/c1-26-20-12-5-4-11-19(20)25-23(26)15-8-16-24(25)27-21-13-6-2-9-17(21)18-10-3-7-14-22(18)27;5*1-2/h2-16H,1H3;5*1-2H3. The minimum absolute atomic E-state index is 1.24. The van der Waals surface area contributed by atoms with Crippen LogP contribution >= 0.6 is 0 Å². The summed E-state index contributed by atoms with van der Waals surface area (Å²) in [5, 5.41) is 5.20. The Morgan fingerprint density at radius 1 is 0.378 bits per heavy atom. The number of rotatable bonds is 1. The van der Waals surface area contributed by atoms with Crippen molar-refractivity contribution in [3.05, 3.63) is 91.0 Å². The van der Waals surface area contributed by atoms with Gasteiger partial charge in [0, 0.05) is 34.1 Å². The Kier molecular flexibility index (Phi) is 13.9. The SMILES string of the molecule is CC.CC.CC.CC.CC.Cn1c2ccccc2c2c(-n3c4ccccc4c4ccccc43)cccc21. The van der Waals surface area contributed by atoms with E-state index in [4.69, 9.17) is 0 Å². The van der Waals surface area contributed by atoms with Gasteiger partial charge < -0.3 is 9.13 Å². The third-order valence-corrected chi connectivity index (χ3v) is 5.74. The molecule has 37 heavy (non-hydrogen) atoms. The van der Waals surface area contributed by atoms with Gasteiger partial charge in [-0.2, -0.15) is 0 Å². The summed E-state index contributed by atoms with van der Waals surface area (Å²) in [6, 6.07) is 32.7. The lowest BCUT2D eigenvalue weighted by Gasteiger charge is -2.10. The molecule has 0 saturated heterocycles. The second-order valence-electron chi connectivity index (χ2n) is 7.12. The molecule has 0 aliphatic rings. The van der Waals surface area contributed by atoms with E-state index in [1.807, 2.05) is 69.2 Å². The molecule has 0 atom stereocenters. The molecule has 6 rings (SSSR count). The molecule has 0 radical (unpaired) electrons. The fraction of sp³-hybridized carbons (Fsp3) is 0.314. The van der Waals surface area contributed by atoms with E-state index < -0.39 is 0 Å². The van der Waals surface area contributed by atoms with Crippen LogP contribution in [0.4, 0.5) is 0 Å². The summed E-state index contributed by atoms with van der Waals surface area (Å²) in [7, 11) is 2.15. The fourth-order valence-electron chi connectivity index (χ4n) is 4.56. The average Bonchev–Trinajstić information content (AvgIpc) is 3.51. The maximum Gasteiger partial charge on any atom is 0.0562 e. The Balaban J connectivity index is 0.000000618. The zero-order valence-corrected chi connectivity index (χ0v) is 25.1. The van der Waals surface area contributed by atoms with E-state index in [0.29, 0.717) is 0 Å². The number of aryl methyl sites for hydroxylation is 1. The molecule has 2 aromatic heterocycles. The molecule has 0 saturated carbocycles. The van der Waals surface area contributed by atoms with E-state index >= 15 is 0 Å². The van der Waals surface area contributed by atoms with Gasteiger partial charge in [-0.25, -0.2) is 0 Å². The average molecular weight is 497 g/mol. The van der Waals surface area contributed by atoms with Crippen molar-refractivity contribution in [1.29, 1.82) is 0 Å².